The molecule has 14 heavy (non-hydrogen) atoms. The molecule has 2 nitrogen and oxygen atoms in total. The molecular weight excluding hydrogens is 174 g/mol. The Morgan fingerprint density at radius 1 is 1.29 bits per heavy atom. The maximum Gasteiger partial charge on any atom is 0.118 e. The first-order valence-corrected chi connectivity index (χ1v) is 5.19. The zero-order chi connectivity index (χ0) is 9.97. The number of hydrogen-bond acceptors (Lipinski definition) is 2. The first kappa shape index (κ1) is 9.53. The summed E-state index contributed by atoms with van der Waals surface area (Å²) >= 11 is 0. The molecule has 1 aliphatic rings. The summed E-state index contributed by atoms with van der Waals surface area (Å²) in [5.41, 5.74) is 1.33. The fourth-order valence-electron chi connectivity index (χ4n) is 1.59. The molecule has 1 aromatic rings. The molecule has 1 aliphatic carbocycles. The zero-order valence-corrected chi connectivity index (χ0v) is 8.79. The summed E-state index contributed by atoms with van der Waals surface area (Å²) in [6.45, 7) is 2.21. The Hall–Kier alpha value is -1.02. The molecular formula is C12H17NO. The summed E-state index contributed by atoms with van der Waals surface area (Å²) in [5, 5.41) is 3.57. The number of ether oxygens (including phenoxy) is 1. The van der Waals surface area contributed by atoms with Crippen molar-refractivity contribution >= 4 is 0 Å². The highest BCUT2D eigenvalue weighted by molar-refractivity contribution is 5.28. The van der Waals surface area contributed by atoms with Crippen molar-refractivity contribution in [2.24, 2.45) is 0 Å². The summed E-state index contributed by atoms with van der Waals surface area (Å²) in [5.74, 6) is 0.923. The summed E-state index contributed by atoms with van der Waals surface area (Å²) in [4.78, 5) is 0. The summed E-state index contributed by atoms with van der Waals surface area (Å²) < 4.78 is 5.12. The van der Waals surface area contributed by atoms with Gasteiger partial charge < -0.3 is 10.1 Å². The smallest absolute Gasteiger partial charge is 0.118 e. The van der Waals surface area contributed by atoms with Gasteiger partial charge in [0.2, 0.25) is 0 Å². The van der Waals surface area contributed by atoms with Gasteiger partial charge in [-0.25, -0.2) is 0 Å². The largest absolute Gasteiger partial charge is 0.497 e. The minimum Gasteiger partial charge on any atom is -0.497 e. The van der Waals surface area contributed by atoms with E-state index < -0.39 is 0 Å². The highest BCUT2D eigenvalue weighted by Gasteiger charge is 2.23. The van der Waals surface area contributed by atoms with Gasteiger partial charge in [-0.2, -0.15) is 0 Å². The lowest BCUT2D eigenvalue weighted by molar-refractivity contribution is 0.414. The van der Waals surface area contributed by atoms with E-state index in [0.29, 0.717) is 6.04 Å². The zero-order valence-electron chi connectivity index (χ0n) is 8.79. The molecule has 0 heterocycles. The molecule has 2 heteroatoms. The molecule has 0 spiro atoms. The molecule has 0 radical (unpaired) electrons. The highest BCUT2D eigenvalue weighted by atomic mass is 16.5. The van der Waals surface area contributed by atoms with Crippen LogP contribution in [0.4, 0.5) is 0 Å². The number of nitrogens with one attached hydrogen (secondary N) is 1. The topological polar surface area (TPSA) is 21.3 Å². The Morgan fingerprint density at radius 3 is 2.43 bits per heavy atom. The van der Waals surface area contributed by atoms with Crippen LogP contribution < -0.4 is 10.1 Å². The molecule has 0 bridgehead atoms. The molecule has 76 valence electrons. The second-order valence-corrected chi connectivity index (χ2v) is 3.94. The van der Waals surface area contributed by atoms with Gasteiger partial charge in [0.1, 0.15) is 5.75 Å². The van der Waals surface area contributed by atoms with Crippen molar-refractivity contribution in [1.82, 2.24) is 5.32 Å². The average molecular weight is 191 g/mol. The third kappa shape index (κ3) is 2.26. The molecule has 2 rings (SSSR count). The van der Waals surface area contributed by atoms with E-state index in [9.17, 15) is 0 Å². The Bertz CT molecular complexity index is 290. The van der Waals surface area contributed by atoms with Crippen LogP contribution in [0.25, 0.3) is 0 Å². The van der Waals surface area contributed by atoms with E-state index in [1.165, 1.54) is 18.4 Å². The van der Waals surface area contributed by atoms with Gasteiger partial charge in [-0.1, -0.05) is 12.1 Å². The van der Waals surface area contributed by atoms with Gasteiger partial charge in [0.25, 0.3) is 0 Å². The van der Waals surface area contributed by atoms with E-state index in [0.717, 1.165) is 11.8 Å². The van der Waals surface area contributed by atoms with Crippen LogP contribution in [-0.2, 0) is 0 Å². The van der Waals surface area contributed by atoms with E-state index in [2.05, 4.69) is 24.4 Å². The lowest BCUT2D eigenvalue weighted by Crippen LogP contribution is -2.20. The van der Waals surface area contributed by atoms with E-state index in [-0.39, 0.29) is 0 Å². The Morgan fingerprint density at radius 2 is 1.93 bits per heavy atom. The van der Waals surface area contributed by atoms with E-state index in [4.69, 9.17) is 4.74 Å². The Kier molecular flexibility index (Phi) is 2.73. The first-order valence-electron chi connectivity index (χ1n) is 5.19. The first-order chi connectivity index (χ1) is 6.79. The van der Waals surface area contributed by atoms with Gasteiger partial charge in [-0.15, -0.1) is 0 Å². The molecule has 0 aliphatic heterocycles. The maximum atomic E-state index is 5.12. The predicted octanol–water partition coefficient (Wildman–Crippen LogP) is 2.51. The van der Waals surface area contributed by atoms with Crippen LogP contribution in [0.2, 0.25) is 0 Å². The normalized spacial score (nSPS) is 17.9. The van der Waals surface area contributed by atoms with Crippen molar-refractivity contribution in [3.8, 4) is 5.75 Å². The van der Waals surface area contributed by atoms with Gasteiger partial charge in [-0.05, 0) is 37.5 Å². The molecule has 0 amide bonds. The molecule has 1 N–H and O–H groups in total. The van der Waals surface area contributed by atoms with Crippen LogP contribution in [0.3, 0.4) is 0 Å². The SMILES string of the molecule is COc1ccc([C@@H](C)NC2CC2)cc1. The molecule has 1 fully saturated rings. The molecule has 0 unspecified atom stereocenters. The number of methoxy groups -OCH3 is 1. The van der Waals surface area contributed by atoms with Gasteiger partial charge in [0.05, 0.1) is 7.11 Å². The maximum absolute atomic E-state index is 5.12. The summed E-state index contributed by atoms with van der Waals surface area (Å²) in [6.07, 6.45) is 2.67. The van der Waals surface area contributed by atoms with Gasteiger partial charge in [-0.3, -0.25) is 0 Å². The molecule has 1 aromatic carbocycles. The second kappa shape index (κ2) is 4.01. The van der Waals surface area contributed by atoms with Crippen LogP contribution in [0.15, 0.2) is 24.3 Å². The quantitative estimate of drug-likeness (QED) is 0.789. The summed E-state index contributed by atoms with van der Waals surface area (Å²) in [6, 6.07) is 9.49. The third-order valence-electron chi connectivity index (χ3n) is 2.68. The molecule has 0 saturated heterocycles. The van der Waals surface area contributed by atoms with Crippen molar-refractivity contribution in [1.29, 1.82) is 0 Å². The van der Waals surface area contributed by atoms with Crippen LogP contribution in [-0.4, -0.2) is 13.2 Å². The van der Waals surface area contributed by atoms with Crippen molar-refractivity contribution in [3.05, 3.63) is 29.8 Å². The third-order valence-corrected chi connectivity index (χ3v) is 2.68. The minimum atomic E-state index is 0.452. The minimum absolute atomic E-state index is 0.452. The predicted molar refractivity (Wildman–Crippen MR) is 57.6 cm³/mol. The van der Waals surface area contributed by atoms with Crippen molar-refractivity contribution < 1.29 is 4.74 Å². The van der Waals surface area contributed by atoms with Crippen molar-refractivity contribution in [3.63, 3.8) is 0 Å². The van der Waals surface area contributed by atoms with Crippen LogP contribution >= 0.6 is 0 Å². The molecule has 1 atom stereocenters. The van der Waals surface area contributed by atoms with E-state index in [1.54, 1.807) is 7.11 Å². The van der Waals surface area contributed by atoms with Crippen LogP contribution in [0.1, 0.15) is 31.4 Å². The standard InChI is InChI=1S/C12H17NO/c1-9(13-11-5-6-11)10-3-7-12(14-2)8-4-10/h3-4,7-9,11,13H,5-6H2,1-2H3/t9-/m1/s1. The van der Waals surface area contributed by atoms with E-state index in [1.807, 2.05) is 12.1 Å². The van der Waals surface area contributed by atoms with Gasteiger partial charge in [0.15, 0.2) is 0 Å². The number of benzene rings is 1. The van der Waals surface area contributed by atoms with Crippen LogP contribution in [0.5, 0.6) is 5.75 Å². The summed E-state index contributed by atoms with van der Waals surface area (Å²) in [7, 11) is 1.70. The lowest BCUT2D eigenvalue weighted by atomic mass is 10.1. The van der Waals surface area contributed by atoms with Gasteiger partial charge >= 0.3 is 0 Å². The molecule has 0 aromatic heterocycles. The average Bonchev–Trinajstić information content (AvgIpc) is 3.02. The Labute approximate surface area is 85.3 Å². The van der Waals surface area contributed by atoms with Gasteiger partial charge in [0, 0.05) is 12.1 Å². The van der Waals surface area contributed by atoms with E-state index >= 15 is 0 Å². The second-order valence-electron chi connectivity index (χ2n) is 3.94. The van der Waals surface area contributed by atoms with Crippen molar-refractivity contribution in [2.45, 2.75) is 31.8 Å². The van der Waals surface area contributed by atoms with Crippen molar-refractivity contribution in [2.75, 3.05) is 7.11 Å². The highest BCUT2D eigenvalue weighted by Crippen LogP contribution is 2.24. The number of rotatable bonds is 4. The fraction of sp³-hybridized carbons (Fsp3) is 0.500. The Balaban J connectivity index is 1.99. The monoisotopic (exact) mass is 191 g/mol. The fourth-order valence-corrected chi connectivity index (χ4v) is 1.59. The lowest BCUT2D eigenvalue weighted by Gasteiger charge is -2.13. The number of hydrogen-bond donors (Lipinski definition) is 1. The van der Waals surface area contributed by atoms with Crippen LogP contribution in [0, 0.1) is 0 Å². The molecule has 1 saturated carbocycles.